The van der Waals surface area contributed by atoms with E-state index in [1.165, 1.54) is 29.2 Å². The molecular formula is C22H22ClF2N7. The molecule has 0 radical (unpaired) electrons. The second-order valence-corrected chi connectivity index (χ2v) is 7.72. The van der Waals surface area contributed by atoms with Gasteiger partial charge in [-0.3, -0.25) is 5.10 Å². The van der Waals surface area contributed by atoms with E-state index in [0.29, 0.717) is 34.9 Å². The number of aromatic amines is 1. The van der Waals surface area contributed by atoms with Gasteiger partial charge in [0.05, 0.1) is 0 Å². The topological polar surface area (TPSA) is 84.3 Å². The lowest BCUT2D eigenvalue weighted by molar-refractivity contribution is 0.608. The van der Waals surface area contributed by atoms with Gasteiger partial charge in [-0.1, -0.05) is 18.6 Å². The molecule has 2 heterocycles. The van der Waals surface area contributed by atoms with E-state index >= 15 is 0 Å². The quantitative estimate of drug-likeness (QED) is 0.264. The van der Waals surface area contributed by atoms with Crippen LogP contribution in [0.5, 0.6) is 0 Å². The molecule has 166 valence electrons. The van der Waals surface area contributed by atoms with Gasteiger partial charge in [0.25, 0.3) is 0 Å². The van der Waals surface area contributed by atoms with Gasteiger partial charge in [-0.05, 0) is 55.7 Å². The lowest BCUT2D eigenvalue weighted by Gasteiger charge is -2.14. The Morgan fingerprint density at radius 1 is 1.12 bits per heavy atom. The Kier molecular flexibility index (Phi) is 6.75. The van der Waals surface area contributed by atoms with E-state index in [0.717, 1.165) is 24.8 Å². The summed E-state index contributed by atoms with van der Waals surface area (Å²) in [6.07, 6.45) is 3.92. The summed E-state index contributed by atoms with van der Waals surface area (Å²) in [5.41, 5.74) is 1.73. The fraction of sp³-hybridized carbons (Fsp3) is 0.273. The molecule has 4 aromatic rings. The zero-order valence-electron chi connectivity index (χ0n) is 17.4. The van der Waals surface area contributed by atoms with Gasteiger partial charge < -0.3 is 5.32 Å². The summed E-state index contributed by atoms with van der Waals surface area (Å²) < 4.78 is 29.4. The fourth-order valence-corrected chi connectivity index (χ4v) is 3.70. The number of anilines is 2. The summed E-state index contributed by atoms with van der Waals surface area (Å²) in [6.45, 7) is 1.75. The van der Waals surface area contributed by atoms with Crippen molar-refractivity contribution in [2.45, 2.75) is 32.1 Å². The van der Waals surface area contributed by atoms with Crippen molar-refractivity contribution in [3.8, 4) is 5.69 Å². The van der Waals surface area contributed by atoms with Crippen LogP contribution in [0.2, 0.25) is 0 Å². The van der Waals surface area contributed by atoms with Crippen LogP contribution in [0.3, 0.4) is 0 Å². The van der Waals surface area contributed by atoms with Crippen molar-refractivity contribution in [1.82, 2.24) is 29.9 Å². The molecule has 7 nitrogen and oxygen atoms in total. The zero-order chi connectivity index (χ0) is 22.5. The molecule has 0 saturated heterocycles. The van der Waals surface area contributed by atoms with E-state index < -0.39 is 5.82 Å². The molecule has 0 bridgehead atoms. The van der Waals surface area contributed by atoms with E-state index in [1.54, 1.807) is 31.2 Å². The number of hydrogen-bond acceptors (Lipinski definition) is 5. The molecule has 4 rings (SSSR count). The number of unbranched alkanes of at least 4 members (excludes halogenated alkanes) is 1. The highest BCUT2D eigenvalue weighted by molar-refractivity contribution is 6.17. The first-order chi connectivity index (χ1) is 15.5. The van der Waals surface area contributed by atoms with Gasteiger partial charge in [-0.2, -0.15) is 10.1 Å². The Hall–Kier alpha value is -3.33. The third-order valence-corrected chi connectivity index (χ3v) is 5.40. The average molecular weight is 458 g/mol. The number of nitrogens with one attached hydrogen (secondary N) is 2. The van der Waals surface area contributed by atoms with Crippen LogP contribution in [0.25, 0.3) is 5.69 Å². The van der Waals surface area contributed by atoms with Crippen LogP contribution < -0.4 is 5.32 Å². The number of halogens is 3. The van der Waals surface area contributed by atoms with Gasteiger partial charge in [-0.25, -0.2) is 18.4 Å². The van der Waals surface area contributed by atoms with Crippen LogP contribution >= 0.6 is 11.6 Å². The monoisotopic (exact) mass is 457 g/mol. The minimum Gasteiger partial charge on any atom is -0.323 e. The molecule has 0 fully saturated rings. The number of H-pyrrole nitrogens is 1. The van der Waals surface area contributed by atoms with Crippen LogP contribution in [0, 0.1) is 18.6 Å². The number of benzene rings is 2. The van der Waals surface area contributed by atoms with E-state index in [2.05, 4.69) is 30.6 Å². The third-order valence-electron chi connectivity index (χ3n) is 5.13. The van der Waals surface area contributed by atoms with Crippen LogP contribution in [-0.2, 0) is 0 Å². The highest BCUT2D eigenvalue weighted by atomic mass is 35.5. The van der Waals surface area contributed by atoms with E-state index in [4.69, 9.17) is 11.6 Å². The summed E-state index contributed by atoms with van der Waals surface area (Å²) in [6, 6.07) is 11.0. The van der Waals surface area contributed by atoms with Crippen molar-refractivity contribution in [2.24, 2.45) is 0 Å². The van der Waals surface area contributed by atoms with Gasteiger partial charge >= 0.3 is 0 Å². The molecule has 1 unspecified atom stereocenters. The maximum Gasteiger partial charge on any atom is 0.246 e. The van der Waals surface area contributed by atoms with E-state index in [1.807, 2.05) is 0 Å². The van der Waals surface area contributed by atoms with Crippen LogP contribution in [0.15, 0.2) is 48.8 Å². The molecule has 2 aromatic carbocycles. The number of aromatic nitrogens is 6. The summed E-state index contributed by atoms with van der Waals surface area (Å²) in [5.74, 6) is 1.29. The predicted octanol–water partition coefficient (Wildman–Crippen LogP) is 5.26. The molecule has 0 aliphatic carbocycles. The normalized spacial score (nSPS) is 12.1. The number of hydrogen-bond donors (Lipinski definition) is 2. The minimum absolute atomic E-state index is 0.0868. The Morgan fingerprint density at radius 3 is 2.62 bits per heavy atom. The Bertz CT molecular complexity index is 1170. The highest BCUT2D eigenvalue weighted by Crippen LogP contribution is 2.29. The van der Waals surface area contributed by atoms with Crippen molar-refractivity contribution in [2.75, 3.05) is 11.2 Å². The maximum atomic E-state index is 14.6. The summed E-state index contributed by atoms with van der Waals surface area (Å²) in [5, 5.41) is 14.2. The summed E-state index contributed by atoms with van der Waals surface area (Å²) in [4.78, 5) is 8.56. The number of nitrogens with zero attached hydrogens (tertiary/aromatic N) is 5. The smallest absolute Gasteiger partial charge is 0.246 e. The first-order valence-electron chi connectivity index (χ1n) is 10.2. The number of aryl methyl sites for hydroxylation is 1. The highest BCUT2D eigenvalue weighted by Gasteiger charge is 2.19. The van der Waals surface area contributed by atoms with E-state index in [9.17, 15) is 8.78 Å². The van der Waals surface area contributed by atoms with E-state index in [-0.39, 0.29) is 11.7 Å². The molecule has 2 N–H and O–H groups in total. The zero-order valence-corrected chi connectivity index (χ0v) is 18.2. The predicted molar refractivity (Wildman–Crippen MR) is 119 cm³/mol. The van der Waals surface area contributed by atoms with Gasteiger partial charge in [-0.15, -0.1) is 16.7 Å². The SMILES string of the molecule is Cc1ncnn1-c1ccc(Nc2n[nH]c(C(CCCCCl)c3ccc(F)cc3)n2)cc1F. The largest absolute Gasteiger partial charge is 0.323 e. The maximum absolute atomic E-state index is 14.6. The standard InChI is InChI=1S/C22H22ClF2N7/c1-14-26-13-27-32(14)20-10-9-17(12-19(20)25)28-22-29-21(30-31-22)18(4-2-3-11-23)15-5-7-16(24)8-6-15/h5-10,12-13,18H,2-4,11H2,1H3,(H2,28,29,30,31). The fourth-order valence-electron chi connectivity index (χ4n) is 3.51. The van der Waals surface area contributed by atoms with Crippen LogP contribution in [0.4, 0.5) is 20.4 Å². The molecule has 0 aliphatic heterocycles. The van der Waals surface area contributed by atoms with Crippen LogP contribution in [-0.4, -0.2) is 35.8 Å². The van der Waals surface area contributed by atoms with Gasteiger partial charge in [0.1, 0.15) is 29.5 Å². The summed E-state index contributed by atoms with van der Waals surface area (Å²) in [7, 11) is 0. The van der Waals surface area contributed by atoms with Crippen molar-refractivity contribution in [1.29, 1.82) is 0 Å². The second-order valence-electron chi connectivity index (χ2n) is 7.34. The average Bonchev–Trinajstić information content (AvgIpc) is 3.41. The van der Waals surface area contributed by atoms with Crippen molar-refractivity contribution >= 4 is 23.2 Å². The molecule has 1 atom stereocenters. The van der Waals surface area contributed by atoms with Crippen molar-refractivity contribution in [3.05, 3.63) is 77.6 Å². The number of rotatable bonds is 9. The second kappa shape index (κ2) is 9.86. The molecule has 10 heteroatoms. The Morgan fingerprint density at radius 2 is 1.94 bits per heavy atom. The molecule has 0 amide bonds. The van der Waals surface area contributed by atoms with Gasteiger partial charge in [0.2, 0.25) is 5.95 Å². The third kappa shape index (κ3) is 4.94. The van der Waals surface area contributed by atoms with Gasteiger partial charge in [0.15, 0.2) is 5.82 Å². The first kappa shape index (κ1) is 21.9. The molecule has 2 aromatic heterocycles. The summed E-state index contributed by atoms with van der Waals surface area (Å²) >= 11 is 5.82. The molecule has 0 spiro atoms. The Labute approximate surface area is 188 Å². The minimum atomic E-state index is -0.454. The van der Waals surface area contributed by atoms with Crippen molar-refractivity contribution in [3.63, 3.8) is 0 Å². The Balaban J connectivity index is 1.53. The van der Waals surface area contributed by atoms with Crippen LogP contribution in [0.1, 0.15) is 42.4 Å². The molecule has 32 heavy (non-hydrogen) atoms. The lowest BCUT2D eigenvalue weighted by Crippen LogP contribution is -2.05. The molecule has 0 saturated carbocycles. The number of alkyl halides is 1. The van der Waals surface area contributed by atoms with Crippen molar-refractivity contribution < 1.29 is 8.78 Å². The lowest BCUT2D eigenvalue weighted by atomic mass is 9.93. The van der Waals surface area contributed by atoms with Gasteiger partial charge in [0, 0.05) is 17.5 Å². The first-order valence-corrected chi connectivity index (χ1v) is 10.8. The molecular weight excluding hydrogens is 436 g/mol. The molecule has 0 aliphatic rings.